The van der Waals surface area contributed by atoms with Crippen LogP contribution in [0.1, 0.15) is 28.2 Å². The van der Waals surface area contributed by atoms with Crippen LogP contribution in [0.3, 0.4) is 0 Å². The molecule has 2 aromatic carbocycles. The van der Waals surface area contributed by atoms with Crippen molar-refractivity contribution in [3.63, 3.8) is 0 Å². The predicted octanol–water partition coefficient (Wildman–Crippen LogP) is 3.30. The van der Waals surface area contributed by atoms with Crippen LogP contribution < -0.4 is 10.1 Å². The lowest BCUT2D eigenvalue weighted by Crippen LogP contribution is -2.34. The number of likely N-dealkylation sites (tertiary alicyclic amines) is 1. The molecule has 0 bridgehead atoms. The molecule has 8 heteroatoms. The SMILES string of the molecule is CN[C@H]1CCN(C(=O)c2c(C)nc(-c3ccc(C#N)c(F)c3)n2-c2ccc(OC)cc2)C1. The van der Waals surface area contributed by atoms with Gasteiger partial charge < -0.3 is 15.0 Å². The molecule has 0 saturated carbocycles. The number of aromatic nitrogens is 2. The Morgan fingerprint density at radius 1 is 1.28 bits per heavy atom. The standard InChI is InChI=1S/C24H24FN5O2/c1-15-22(24(31)29-11-10-18(14-29)27-2)30(19-6-8-20(32-3)9-7-19)23(28-15)16-4-5-17(13-26)21(25)12-16/h4-9,12,18,27H,10-11,14H2,1-3H3/t18-/m0/s1. The highest BCUT2D eigenvalue weighted by molar-refractivity contribution is 5.95. The summed E-state index contributed by atoms with van der Waals surface area (Å²) in [6.45, 7) is 3.05. The van der Waals surface area contributed by atoms with Crippen LogP contribution in [0.2, 0.25) is 0 Å². The number of hydrogen-bond donors (Lipinski definition) is 1. The summed E-state index contributed by atoms with van der Waals surface area (Å²) in [5.41, 5.74) is 2.14. The van der Waals surface area contributed by atoms with Crippen LogP contribution >= 0.6 is 0 Å². The number of rotatable bonds is 5. The molecule has 0 spiro atoms. The van der Waals surface area contributed by atoms with Crippen LogP contribution in [0.4, 0.5) is 4.39 Å². The molecule has 1 aromatic heterocycles. The lowest BCUT2D eigenvalue weighted by Gasteiger charge is -2.19. The highest BCUT2D eigenvalue weighted by Gasteiger charge is 2.31. The normalized spacial score (nSPS) is 15.6. The lowest BCUT2D eigenvalue weighted by molar-refractivity contribution is 0.0781. The van der Waals surface area contributed by atoms with Gasteiger partial charge in [0.25, 0.3) is 5.91 Å². The van der Waals surface area contributed by atoms with Crippen molar-refractivity contribution in [3.05, 3.63) is 65.2 Å². The molecule has 1 N–H and O–H groups in total. The van der Waals surface area contributed by atoms with E-state index in [1.54, 1.807) is 36.8 Å². The fraction of sp³-hybridized carbons (Fsp3) is 0.292. The van der Waals surface area contributed by atoms with E-state index < -0.39 is 5.82 Å². The fourth-order valence-corrected chi connectivity index (χ4v) is 4.03. The van der Waals surface area contributed by atoms with Crippen molar-refractivity contribution in [2.75, 3.05) is 27.2 Å². The summed E-state index contributed by atoms with van der Waals surface area (Å²) in [5, 5.41) is 12.3. The molecule has 1 amide bonds. The van der Waals surface area contributed by atoms with Gasteiger partial charge in [-0.05, 0) is 62.9 Å². The number of imidazole rings is 1. The monoisotopic (exact) mass is 433 g/mol. The van der Waals surface area contributed by atoms with E-state index >= 15 is 0 Å². The van der Waals surface area contributed by atoms with Gasteiger partial charge in [0.15, 0.2) is 0 Å². The third-order valence-electron chi connectivity index (χ3n) is 5.82. The Morgan fingerprint density at radius 2 is 2.03 bits per heavy atom. The summed E-state index contributed by atoms with van der Waals surface area (Å²) in [5.74, 6) is 0.366. The molecule has 4 rings (SSSR count). The summed E-state index contributed by atoms with van der Waals surface area (Å²) < 4.78 is 21.4. The second-order valence-corrected chi connectivity index (χ2v) is 7.73. The first-order valence-electron chi connectivity index (χ1n) is 10.4. The second kappa shape index (κ2) is 8.81. The smallest absolute Gasteiger partial charge is 0.272 e. The Bertz CT molecular complexity index is 1200. The van der Waals surface area contributed by atoms with Gasteiger partial charge >= 0.3 is 0 Å². The van der Waals surface area contributed by atoms with Gasteiger partial charge in [-0.25, -0.2) is 9.37 Å². The number of nitrogens with zero attached hydrogens (tertiary/aromatic N) is 4. The predicted molar refractivity (Wildman–Crippen MR) is 118 cm³/mol. The van der Waals surface area contributed by atoms with Crippen molar-refractivity contribution in [2.45, 2.75) is 19.4 Å². The van der Waals surface area contributed by atoms with Crippen LogP contribution in [0.15, 0.2) is 42.5 Å². The summed E-state index contributed by atoms with van der Waals surface area (Å²) in [6, 6.07) is 13.7. The molecule has 1 aliphatic rings. The number of methoxy groups -OCH3 is 1. The average molecular weight is 433 g/mol. The number of carbonyl (C=O) groups excluding carboxylic acids is 1. The Kier molecular flexibility index (Phi) is 5.93. The molecule has 7 nitrogen and oxygen atoms in total. The number of nitriles is 1. The Balaban J connectivity index is 1.87. The number of benzene rings is 2. The summed E-state index contributed by atoms with van der Waals surface area (Å²) in [4.78, 5) is 20.0. The summed E-state index contributed by atoms with van der Waals surface area (Å²) in [7, 11) is 3.48. The number of amides is 1. The molecule has 0 unspecified atom stereocenters. The molecule has 32 heavy (non-hydrogen) atoms. The summed E-state index contributed by atoms with van der Waals surface area (Å²) in [6.07, 6.45) is 0.881. The molecule has 1 saturated heterocycles. The van der Waals surface area contributed by atoms with E-state index in [4.69, 9.17) is 10.00 Å². The molecule has 0 radical (unpaired) electrons. The summed E-state index contributed by atoms with van der Waals surface area (Å²) >= 11 is 0. The fourth-order valence-electron chi connectivity index (χ4n) is 4.03. The molecular weight excluding hydrogens is 409 g/mol. The molecule has 2 heterocycles. The van der Waals surface area contributed by atoms with Crippen molar-refractivity contribution in [1.29, 1.82) is 5.26 Å². The van der Waals surface area contributed by atoms with E-state index in [-0.39, 0.29) is 17.5 Å². The van der Waals surface area contributed by atoms with Crippen LogP contribution in [-0.4, -0.2) is 53.6 Å². The molecule has 1 aliphatic heterocycles. The maximum absolute atomic E-state index is 14.4. The Hall–Kier alpha value is -3.70. The zero-order chi connectivity index (χ0) is 22.8. The van der Waals surface area contributed by atoms with Gasteiger partial charge in [0, 0.05) is 30.4 Å². The minimum atomic E-state index is -0.629. The zero-order valence-electron chi connectivity index (χ0n) is 18.2. The maximum atomic E-state index is 14.4. The van der Waals surface area contributed by atoms with Crippen LogP contribution in [-0.2, 0) is 0 Å². The number of halogens is 1. The number of carbonyl (C=O) groups is 1. The number of nitrogens with one attached hydrogen (secondary N) is 1. The zero-order valence-corrected chi connectivity index (χ0v) is 18.2. The van der Waals surface area contributed by atoms with Gasteiger partial charge in [-0.3, -0.25) is 9.36 Å². The highest BCUT2D eigenvalue weighted by Crippen LogP contribution is 2.30. The lowest BCUT2D eigenvalue weighted by atomic mass is 10.1. The van der Waals surface area contributed by atoms with Crippen LogP contribution in [0.25, 0.3) is 17.1 Å². The van der Waals surface area contributed by atoms with Crippen molar-refractivity contribution >= 4 is 5.91 Å². The van der Waals surface area contributed by atoms with Crippen molar-refractivity contribution < 1.29 is 13.9 Å². The molecule has 0 aliphatic carbocycles. The third kappa shape index (κ3) is 3.83. The number of hydrogen-bond acceptors (Lipinski definition) is 5. The number of likely N-dealkylation sites (N-methyl/N-ethyl adjacent to an activating group) is 1. The maximum Gasteiger partial charge on any atom is 0.272 e. The topological polar surface area (TPSA) is 83.2 Å². The van der Waals surface area contributed by atoms with E-state index in [1.807, 2.05) is 30.1 Å². The molecular formula is C24H24FN5O2. The van der Waals surface area contributed by atoms with E-state index in [0.717, 1.165) is 6.42 Å². The van der Waals surface area contributed by atoms with Crippen LogP contribution in [0.5, 0.6) is 5.75 Å². The third-order valence-corrected chi connectivity index (χ3v) is 5.82. The van der Waals surface area contributed by atoms with Crippen molar-refractivity contribution in [1.82, 2.24) is 19.8 Å². The van der Waals surface area contributed by atoms with E-state index in [2.05, 4.69) is 10.3 Å². The van der Waals surface area contributed by atoms with Gasteiger partial charge in [-0.2, -0.15) is 5.26 Å². The first-order chi connectivity index (χ1) is 15.5. The quantitative estimate of drug-likeness (QED) is 0.668. The van der Waals surface area contributed by atoms with Gasteiger partial charge in [-0.15, -0.1) is 0 Å². The first-order valence-corrected chi connectivity index (χ1v) is 10.4. The highest BCUT2D eigenvalue weighted by atomic mass is 19.1. The van der Waals surface area contributed by atoms with Gasteiger partial charge in [-0.1, -0.05) is 0 Å². The van der Waals surface area contributed by atoms with E-state index in [9.17, 15) is 9.18 Å². The number of ether oxygens (including phenoxy) is 1. The Morgan fingerprint density at radius 3 is 2.62 bits per heavy atom. The molecule has 164 valence electrons. The second-order valence-electron chi connectivity index (χ2n) is 7.73. The minimum absolute atomic E-state index is 0.0421. The van der Waals surface area contributed by atoms with Crippen molar-refractivity contribution in [3.8, 4) is 28.9 Å². The van der Waals surface area contributed by atoms with Gasteiger partial charge in [0.2, 0.25) is 0 Å². The van der Waals surface area contributed by atoms with Gasteiger partial charge in [0.05, 0.1) is 18.4 Å². The van der Waals surface area contributed by atoms with E-state index in [1.165, 1.54) is 12.1 Å². The first kappa shape index (κ1) is 21.5. The van der Waals surface area contributed by atoms with Crippen molar-refractivity contribution in [2.24, 2.45) is 0 Å². The average Bonchev–Trinajstić information content (AvgIpc) is 3.43. The van der Waals surface area contributed by atoms with Gasteiger partial charge in [0.1, 0.15) is 29.2 Å². The largest absolute Gasteiger partial charge is 0.497 e. The molecule has 1 atom stereocenters. The van der Waals surface area contributed by atoms with E-state index in [0.29, 0.717) is 47.3 Å². The number of aryl methyl sites for hydroxylation is 1. The van der Waals surface area contributed by atoms with Crippen LogP contribution in [0, 0.1) is 24.1 Å². The minimum Gasteiger partial charge on any atom is -0.497 e. The molecule has 1 fully saturated rings. The Labute approximate surface area is 186 Å². The molecule has 3 aromatic rings.